The van der Waals surface area contributed by atoms with Crippen LogP contribution in [-0.4, -0.2) is 17.8 Å². The Labute approximate surface area is 133 Å². The van der Waals surface area contributed by atoms with E-state index in [1.54, 1.807) is 0 Å². The van der Waals surface area contributed by atoms with Crippen LogP contribution in [0.5, 0.6) is 0 Å². The maximum Gasteiger partial charge on any atom is 0.0588 e. The lowest BCUT2D eigenvalue weighted by molar-refractivity contribution is 0.246. The summed E-state index contributed by atoms with van der Waals surface area (Å²) in [4.78, 5) is 0. The van der Waals surface area contributed by atoms with Crippen LogP contribution in [0.3, 0.4) is 0 Å². The van der Waals surface area contributed by atoms with Crippen LogP contribution in [0.1, 0.15) is 90.9 Å². The second-order valence-corrected chi connectivity index (χ2v) is 6.46. The van der Waals surface area contributed by atoms with Crippen LogP contribution in [0, 0.1) is 5.92 Å². The molecule has 0 spiro atoms. The fourth-order valence-electron chi connectivity index (χ4n) is 2.55. The minimum Gasteiger partial charge on any atom is -0.395 e. The van der Waals surface area contributed by atoms with Gasteiger partial charge in [0.1, 0.15) is 0 Å². The van der Waals surface area contributed by atoms with Crippen molar-refractivity contribution in [3.63, 3.8) is 0 Å². The van der Waals surface area contributed by atoms with Gasteiger partial charge in [-0.25, -0.2) is 0 Å². The van der Waals surface area contributed by atoms with Gasteiger partial charge in [0.15, 0.2) is 0 Å². The van der Waals surface area contributed by atoms with Crippen molar-refractivity contribution in [1.29, 1.82) is 0 Å². The van der Waals surface area contributed by atoms with Gasteiger partial charge in [0, 0.05) is 6.04 Å². The lowest BCUT2D eigenvalue weighted by Gasteiger charge is -2.12. The molecule has 2 nitrogen and oxygen atoms in total. The lowest BCUT2D eigenvalue weighted by Crippen LogP contribution is -2.30. The third-order valence-corrected chi connectivity index (χ3v) is 4.30. The van der Waals surface area contributed by atoms with E-state index in [0.717, 1.165) is 6.42 Å². The van der Waals surface area contributed by atoms with Crippen molar-refractivity contribution in [2.24, 2.45) is 11.7 Å². The van der Waals surface area contributed by atoms with Crippen LogP contribution in [-0.2, 0) is 0 Å². The van der Waals surface area contributed by atoms with Crippen molar-refractivity contribution in [3.8, 4) is 0 Å². The summed E-state index contributed by atoms with van der Waals surface area (Å²) in [5, 5.41) is 8.95. The second-order valence-electron chi connectivity index (χ2n) is 6.46. The summed E-state index contributed by atoms with van der Waals surface area (Å²) < 4.78 is 0. The van der Waals surface area contributed by atoms with E-state index in [9.17, 15) is 0 Å². The van der Waals surface area contributed by atoms with Crippen LogP contribution in [0.2, 0.25) is 0 Å². The molecule has 21 heavy (non-hydrogen) atoms. The van der Waals surface area contributed by atoms with Gasteiger partial charge in [-0.2, -0.15) is 0 Å². The molecule has 0 aromatic heterocycles. The topological polar surface area (TPSA) is 46.2 Å². The molecule has 1 unspecified atom stereocenters. The average Bonchev–Trinajstić information content (AvgIpc) is 2.50. The smallest absolute Gasteiger partial charge is 0.0588 e. The van der Waals surface area contributed by atoms with E-state index >= 15 is 0 Å². The molecule has 0 amide bonds. The maximum atomic E-state index is 8.95. The van der Waals surface area contributed by atoms with Crippen LogP contribution < -0.4 is 5.73 Å². The number of aliphatic hydroxyl groups is 1. The second kappa shape index (κ2) is 16.0. The van der Waals surface area contributed by atoms with Gasteiger partial charge >= 0.3 is 0 Å². The van der Waals surface area contributed by atoms with Crippen molar-refractivity contribution >= 4 is 0 Å². The van der Waals surface area contributed by atoms with Crippen molar-refractivity contribution in [2.45, 2.75) is 96.9 Å². The number of hydrogen-bond donors (Lipinski definition) is 2. The van der Waals surface area contributed by atoms with E-state index in [2.05, 4.69) is 26.0 Å². The minimum atomic E-state index is -0.112. The zero-order valence-electron chi connectivity index (χ0n) is 14.5. The number of rotatable bonds is 15. The highest BCUT2D eigenvalue weighted by Crippen LogP contribution is 2.12. The highest BCUT2D eigenvalue weighted by Gasteiger charge is 2.06. The summed E-state index contributed by atoms with van der Waals surface area (Å²) in [6.45, 7) is 4.42. The fraction of sp³-hybridized carbons (Fsp3) is 0.895. The summed E-state index contributed by atoms with van der Waals surface area (Å²) in [6, 6.07) is -0.112. The van der Waals surface area contributed by atoms with Crippen LogP contribution in [0.4, 0.5) is 0 Å². The SMILES string of the molecule is CCCCCCCCCCCCC/C=C/C(C)[C@@H](N)CO. The Morgan fingerprint density at radius 2 is 1.33 bits per heavy atom. The monoisotopic (exact) mass is 297 g/mol. The lowest BCUT2D eigenvalue weighted by atomic mass is 10.0. The van der Waals surface area contributed by atoms with Crippen molar-refractivity contribution < 1.29 is 5.11 Å². The molecular formula is C19H39NO. The zero-order chi connectivity index (χ0) is 15.8. The van der Waals surface area contributed by atoms with E-state index in [1.807, 2.05) is 0 Å². The van der Waals surface area contributed by atoms with Gasteiger partial charge in [0.2, 0.25) is 0 Å². The first-order valence-corrected chi connectivity index (χ1v) is 9.25. The van der Waals surface area contributed by atoms with Crippen LogP contribution in [0.15, 0.2) is 12.2 Å². The summed E-state index contributed by atoms with van der Waals surface area (Å²) in [5.74, 6) is 0.280. The van der Waals surface area contributed by atoms with E-state index < -0.39 is 0 Å². The first kappa shape index (κ1) is 20.7. The van der Waals surface area contributed by atoms with Crippen LogP contribution in [0.25, 0.3) is 0 Å². The van der Waals surface area contributed by atoms with E-state index in [0.29, 0.717) is 0 Å². The largest absolute Gasteiger partial charge is 0.395 e. The third kappa shape index (κ3) is 14.4. The normalized spacial score (nSPS) is 14.7. The van der Waals surface area contributed by atoms with Crippen LogP contribution >= 0.6 is 0 Å². The van der Waals surface area contributed by atoms with Crippen molar-refractivity contribution in [1.82, 2.24) is 0 Å². The minimum absolute atomic E-state index is 0.0734. The van der Waals surface area contributed by atoms with Gasteiger partial charge in [0.25, 0.3) is 0 Å². The highest BCUT2D eigenvalue weighted by molar-refractivity contribution is 4.90. The van der Waals surface area contributed by atoms with Crippen molar-refractivity contribution in [2.75, 3.05) is 6.61 Å². The summed E-state index contributed by atoms with van der Waals surface area (Å²) in [6.07, 6.45) is 20.9. The molecule has 0 aliphatic heterocycles. The van der Waals surface area contributed by atoms with Gasteiger partial charge < -0.3 is 10.8 Å². The van der Waals surface area contributed by atoms with Gasteiger partial charge in [-0.05, 0) is 18.8 Å². The zero-order valence-corrected chi connectivity index (χ0v) is 14.5. The van der Waals surface area contributed by atoms with Gasteiger partial charge in [-0.3, -0.25) is 0 Å². The van der Waals surface area contributed by atoms with Crippen molar-refractivity contribution in [3.05, 3.63) is 12.2 Å². The Hall–Kier alpha value is -0.340. The van der Waals surface area contributed by atoms with Gasteiger partial charge in [-0.15, -0.1) is 0 Å². The Kier molecular flexibility index (Phi) is 15.8. The van der Waals surface area contributed by atoms with Gasteiger partial charge in [0.05, 0.1) is 6.61 Å². The Balaban J connectivity index is 3.20. The summed E-state index contributed by atoms with van der Waals surface area (Å²) in [7, 11) is 0. The molecule has 2 atom stereocenters. The first-order chi connectivity index (χ1) is 10.2. The molecule has 0 radical (unpaired) electrons. The maximum absolute atomic E-state index is 8.95. The molecule has 0 rings (SSSR count). The number of aliphatic hydroxyl groups excluding tert-OH is 1. The third-order valence-electron chi connectivity index (χ3n) is 4.30. The Bertz CT molecular complexity index is 228. The number of unbranched alkanes of at least 4 members (excludes halogenated alkanes) is 11. The number of hydrogen-bond acceptors (Lipinski definition) is 2. The highest BCUT2D eigenvalue weighted by atomic mass is 16.3. The molecule has 0 aliphatic rings. The summed E-state index contributed by atoms with van der Waals surface area (Å²) >= 11 is 0. The average molecular weight is 298 g/mol. The molecule has 3 N–H and O–H groups in total. The van der Waals surface area contributed by atoms with E-state index in [1.165, 1.54) is 70.6 Å². The van der Waals surface area contributed by atoms with E-state index in [-0.39, 0.29) is 18.6 Å². The molecule has 0 bridgehead atoms. The standard InChI is InChI=1S/C19H39NO/c1-3-4-5-6-7-8-9-10-11-12-13-14-15-16-18(2)19(20)17-21/h15-16,18-19,21H,3-14,17,20H2,1-2H3/b16-15+/t18?,19-/m0/s1. The molecule has 2 heteroatoms. The molecule has 0 saturated heterocycles. The van der Waals surface area contributed by atoms with E-state index in [4.69, 9.17) is 10.8 Å². The molecule has 0 aromatic rings. The predicted molar refractivity (Wildman–Crippen MR) is 94.4 cm³/mol. The Morgan fingerprint density at radius 1 is 0.857 bits per heavy atom. The quantitative estimate of drug-likeness (QED) is 0.322. The summed E-state index contributed by atoms with van der Waals surface area (Å²) in [5.41, 5.74) is 5.76. The fourth-order valence-corrected chi connectivity index (χ4v) is 2.55. The molecule has 0 heterocycles. The molecule has 0 aliphatic carbocycles. The number of allylic oxidation sites excluding steroid dienone is 1. The molecule has 0 fully saturated rings. The molecule has 0 aromatic carbocycles. The molecular weight excluding hydrogens is 258 g/mol. The molecule has 126 valence electrons. The molecule has 0 saturated carbocycles. The first-order valence-electron chi connectivity index (χ1n) is 9.25. The number of nitrogens with two attached hydrogens (primary N) is 1. The predicted octanol–water partition coefficient (Wildman–Crippen LogP) is 5.20. The Morgan fingerprint density at radius 3 is 1.81 bits per heavy atom. The van der Waals surface area contributed by atoms with Gasteiger partial charge in [-0.1, -0.05) is 90.2 Å².